The zero-order chi connectivity index (χ0) is 22.1. The van der Waals surface area contributed by atoms with Crippen LogP contribution in [0.2, 0.25) is 0 Å². The fourth-order valence-electron chi connectivity index (χ4n) is 3.06. The molecule has 0 aliphatic heterocycles. The van der Waals surface area contributed by atoms with Crippen LogP contribution in [0.4, 0.5) is 5.69 Å². The minimum atomic E-state index is -0.572. The summed E-state index contributed by atoms with van der Waals surface area (Å²) in [6, 6.07) is 22.6. The number of methoxy groups -OCH3 is 1. The molecule has 0 radical (unpaired) electrons. The van der Waals surface area contributed by atoms with Crippen LogP contribution in [0.1, 0.15) is 22.8 Å². The van der Waals surface area contributed by atoms with Crippen LogP contribution in [0, 0.1) is 6.92 Å². The number of amides is 1. The number of anilines is 1. The summed E-state index contributed by atoms with van der Waals surface area (Å²) in [5.74, 6) is 0.798. The molecule has 1 amide bonds. The highest BCUT2D eigenvalue weighted by Crippen LogP contribution is 2.28. The summed E-state index contributed by atoms with van der Waals surface area (Å²) < 4.78 is 11.1. The number of ether oxygens (including phenoxy) is 2. The molecule has 3 aromatic carbocycles. The quantitative estimate of drug-likeness (QED) is 0.464. The highest BCUT2D eigenvalue weighted by Gasteiger charge is 2.10. The molecule has 3 N–H and O–H groups in total. The van der Waals surface area contributed by atoms with Gasteiger partial charge in [0, 0.05) is 18.8 Å². The molecular formula is C25H28N2O4. The van der Waals surface area contributed by atoms with E-state index in [2.05, 4.69) is 10.6 Å². The van der Waals surface area contributed by atoms with Crippen molar-refractivity contribution in [1.82, 2.24) is 5.32 Å². The Morgan fingerprint density at radius 1 is 1.00 bits per heavy atom. The molecule has 0 spiro atoms. The van der Waals surface area contributed by atoms with Gasteiger partial charge in [-0.15, -0.1) is 0 Å². The van der Waals surface area contributed by atoms with Gasteiger partial charge in [-0.2, -0.15) is 0 Å². The standard InChI is InChI=1S/C25H28N2O4/c1-18-8-11-21(12-9-18)27-25(29)17-31-23-13-10-19(14-24(23)30-2)15-26-16-22(28)20-6-4-3-5-7-20/h3-14,22,26,28H,15-17H2,1-2H3,(H,27,29)/t22-/m1/s1. The molecule has 1 atom stereocenters. The van der Waals surface area contributed by atoms with Crippen LogP contribution in [0.15, 0.2) is 72.8 Å². The topological polar surface area (TPSA) is 79.8 Å². The molecule has 0 aromatic heterocycles. The lowest BCUT2D eigenvalue weighted by atomic mass is 10.1. The summed E-state index contributed by atoms with van der Waals surface area (Å²) in [5.41, 5.74) is 3.71. The summed E-state index contributed by atoms with van der Waals surface area (Å²) in [7, 11) is 1.56. The average molecular weight is 421 g/mol. The van der Waals surface area contributed by atoms with Crippen molar-refractivity contribution in [3.63, 3.8) is 0 Å². The molecular weight excluding hydrogens is 392 g/mol. The number of carbonyl (C=O) groups is 1. The number of hydrogen-bond donors (Lipinski definition) is 3. The molecule has 0 unspecified atom stereocenters. The molecule has 3 rings (SSSR count). The van der Waals surface area contributed by atoms with E-state index in [0.29, 0.717) is 24.6 Å². The normalized spacial score (nSPS) is 11.6. The fraction of sp³-hybridized carbons (Fsp3) is 0.240. The second-order valence-electron chi connectivity index (χ2n) is 7.25. The van der Waals surface area contributed by atoms with E-state index in [0.717, 1.165) is 22.4 Å². The lowest BCUT2D eigenvalue weighted by molar-refractivity contribution is -0.118. The first-order valence-electron chi connectivity index (χ1n) is 10.1. The molecule has 31 heavy (non-hydrogen) atoms. The first kappa shape index (κ1) is 22.3. The molecule has 0 aliphatic carbocycles. The Kier molecular flexibility index (Phi) is 8.04. The lowest BCUT2D eigenvalue weighted by Gasteiger charge is -2.14. The number of aliphatic hydroxyl groups is 1. The van der Waals surface area contributed by atoms with Crippen LogP contribution in [0.5, 0.6) is 11.5 Å². The minimum Gasteiger partial charge on any atom is -0.493 e. The van der Waals surface area contributed by atoms with Crippen molar-refractivity contribution in [3.8, 4) is 11.5 Å². The van der Waals surface area contributed by atoms with Crippen molar-refractivity contribution < 1.29 is 19.4 Å². The molecule has 162 valence electrons. The van der Waals surface area contributed by atoms with E-state index in [1.165, 1.54) is 0 Å². The van der Waals surface area contributed by atoms with Crippen LogP contribution in [0.3, 0.4) is 0 Å². The summed E-state index contributed by atoms with van der Waals surface area (Å²) in [6.07, 6.45) is -0.572. The maximum Gasteiger partial charge on any atom is 0.262 e. The van der Waals surface area contributed by atoms with E-state index >= 15 is 0 Å². The van der Waals surface area contributed by atoms with E-state index < -0.39 is 6.10 Å². The largest absolute Gasteiger partial charge is 0.493 e. The van der Waals surface area contributed by atoms with Crippen molar-refractivity contribution >= 4 is 11.6 Å². The zero-order valence-electron chi connectivity index (χ0n) is 17.8. The van der Waals surface area contributed by atoms with E-state index in [1.54, 1.807) is 13.2 Å². The second-order valence-corrected chi connectivity index (χ2v) is 7.25. The van der Waals surface area contributed by atoms with Crippen LogP contribution >= 0.6 is 0 Å². The molecule has 0 saturated heterocycles. The third-order valence-corrected chi connectivity index (χ3v) is 4.77. The monoisotopic (exact) mass is 420 g/mol. The van der Waals surface area contributed by atoms with E-state index in [1.807, 2.05) is 73.7 Å². The number of carbonyl (C=O) groups excluding carboxylic acids is 1. The van der Waals surface area contributed by atoms with Gasteiger partial charge in [0.05, 0.1) is 13.2 Å². The molecule has 6 heteroatoms. The Hall–Kier alpha value is -3.35. The fourth-order valence-corrected chi connectivity index (χ4v) is 3.06. The van der Waals surface area contributed by atoms with Gasteiger partial charge in [0.15, 0.2) is 18.1 Å². The van der Waals surface area contributed by atoms with Crippen molar-refractivity contribution in [2.45, 2.75) is 19.6 Å². The number of aliphatic hydroxyl groups excluding tert-OH is 1. The Balaban J connectivity index is 1.49. The Morgan fingerprint density at radius 2 is 1.74 bits per heavy atom. The van der Waals surface area contributed by atoms with Gasteiger partial charge < -0.3 is 25.2 Å². The number of nitrogens with one attached hydrogen (secondary N) is 2. The predicted molar refractivity (Wildman–Crippen MR) is 121 cm³/mol. The smallest absolute Gasteiger partial charge is 0.262 e. The summed E-state index contributed by atoms with van der Waals surface area (Å²) in [5, 5.41) is 16.3. The van der Waals surface area contributed by atoms with E-state index in [9.17, 15) is 9.90 Å². The van der Waals surface area contributed by atoms with Crippen molar-refractivity contribution in [2.24, 2.45) is 0 Å². The van der Waals surface area contributed by atoms with Crippen LogP contribution in [0.25, 0.3) is 0 Å². The van der Waals surface area contributed by atoms with Gasteiger partial charge in [-0.05, 0) is 42.3 Å². The molecule has 0 saturated carbocycles. The average Bonchev–Trinajstić information content (AvgIpc) is 2.80. The first-order chi connectivity index (χ1) is 15.0. The third kappa shape index (κ3) is 6.84. The van der Waals surface area contributed by atoms with Gasteiger partial charge >= 0.3 is 0 Å². The molecule has 0 heterocycles. The number of benzene rings is 3. The van der Waals surface area contributed by atoms with E-state index in [-0.39, 0.29) is 12.5 Å². The number of rotatable bonds is 10. The second kappa shape index (κ2) is 11.2. The van der Waals surface area contributed by atoms with Crippen LogP contribution in [-0.2, 0) is 11.3 Å². The molecule has 3 aromatic rings. The molecule has 0 aliphatic rings. The van der Waals surface area contributed by atoms with Gasteiger partial charge in [0.1, 0.15) is 0 Å². The highest BCUT2D eigenvalue weighted by atomic mass is 16.5. The Morgan fingerprint density at radius 3 is 2.45 bits per heavy atom. The van der Waals surface area contributed by atoms with Gasteiger partial charge in [-0.25, -0.2) is 0 Å². The predicted octanol–water partition coefficient (Wildman–Crippen LogP) is 3.84. The molecule has 0 bridgehead atoms. The van der Waals surface area contributed by atoms with Crippen molar-refractivity contribution in [1.29, 1.82) is 0 Å². The van der Waals surface area contributed by atoms with Crippen molar-refractivity contribution in [2.75, 3.05) is 25.6 Å². The van der Waals surface area contributed by atoms with Crippen LogP contribution < -0.4 is 20.1 Å². The molecule has 0 fully saturated rings. The third-order valence-electron chi connectivity index (χ3n) is 4.77. The van der Waals surface area contributed by atoms with Gasteiger partial charge in [0.25, 0.3) is 5.91 Å². The van der Waals surface area contributed by atoms with Crippen molar-refractivity contribution in [3.05, 3.63) is 89.5 Å². The van der Waals surface area contributed by atoms with E-state index in [4.69, 9.17) is 9.47 Å². The zero-order valence-corrected chi connectivity index (χ0v) is 17.8. The SMILES string of the molecule is COc1cc(CNC[C@@H](O)c2ccccc2)ccc1OCC(=O)Nc1ccc(C)cc1. The van der Waals surface area contributed by atoms with Gasteiger partial charge in [0.2, 0.25) is 0 Å². The summed E-state index contributed by atoms with van der Waals surface area (Å²) >= 11 is 0. The molecule has 6 nitrogen and oxygen atoms in total. The minimum absolute atomic E-state index is 0.120. The maximum absolute atomic E-state index is 12.1. The highest BCUT2D eigenvalue weighted by molar-refractivity contribution is 5.91. The number of hydrogen-bond acceptors (Lipinski definition) is 5. The van der Waals surface area contributed by atoms with Gasteiger partial charge in [-0.3, -0.25) is 4.79 Å². The summed E-state index contributed by atoms with van der Waals surface area (Å²) in [6.45, 7) is 2.87. The lowest BCUT2D eigenvalue weighted by Crippen LogP contribution is -2.21. The first-order valence-corrected chi connectivity index (χ1v) is 10.1. The number of aryl methyl sites for hydroxylation is 1. The van der Waals surface area contributed by atoms with Crippen LogP contribution in [-0.4, -0.2) is 31.3 Å². The Bertz CT molecular complexity index is 975. The maximum atomic E-state index is 12.1. The Labute approximate surface area is 182 Å². The summed E-state index contributed by atoms with van der Waals surface area (Å²) in [4.78, 5) is 12.1. The van der Waals surface area contributed by atoms with Gasteiger partial charge in [-0.1, -0.05) is 54.1 Å².